The SMILES string of the molecule is CCSc1ccccc1C(=O)N[C@H](C)c1ccc(OC)cc1. The fraction of sp³-hybridized carbons (Fsp3) is 0.278. The van der Waals surface area contributed by atoms with Gasteiger partial charge in [-0.05, 0) is 42.5 Å². The van der Waals surface area contributed by atoms with E-state index in [9.17, 15) is 4.79 Å². The number of carbonyl (C=O) groups excluding carboxylic acids is 1. The van der Waals surface area contributed by atoms with Crippen LogP contribution in [0.4, 0.5) is 0 Å². The maximum Gasteiger partial charge on any atom is 0.252 e. The summed E-state index contributed by atoms with van der Waals surface area (Å²) in [6.45, 7) is 4.06. The van der Waals surface area contributed by atoms with Gasteiger partial charge in [-0.3, -0.25) is 4.79 Å². The lowest BCUT2D eigenvalue weighted by Crippen LogP contribution is -2.27. The van der Waals surface area contributed by atoms with Crippen LogP contribution in [0.2, 0.25) is 0 Å². The molecule has 116 valence electrons. The standard InChI is InChI=1S/C18H21NO2S/c1-4-22-17-8-6-5-7-16(17)18(20)19-13(2)14-9-11-15(21-3)12-10-14/h5-13H,4H2,1-3H3,(H,19,20)/t13-/m1/s1. The molecule has 0 radical (unpaired) electrons. The van der Waals surface area contributed by atoms with Gasteiger partial charge in [-0.2, -0.15) is 0 Å². The van der Waals surface area contributed by atoms with Crippen LogP contribution in [0.15, 0.2) is 53.4 Å². The fourth-order valence-electron chi connectivity index (χ4n) is 2.19. The van der Waals surface area contributed by atoms with Gasteiger partial charge in [0, 0.05) is 4.90 Å². The second-order valence-corrected chi connectivity index (χ2v) is 6.20. The van der Waals surface area contributed by atoms with Gasteiger partial charge in [-0.15, -0.1) is 11.8 Å². The first-order valence-corrected chi connectivity index (χ1v) is 8.31. The van der Waals surface area contributed by atoms with Crippen LogP contribution in [-0.4, -0.2) is 18.8 Å². The zero-order valence-electron chi connectivity index (χ0n) is 13.1. The average molecular weight is 315 g/mol. The van der Waals surface area contributed by atoms with E-state index < -0.39 is 0 Å². The maximum absolute atomic E-state index is 12.5. The number of rotatable bonds is 6. The van der Waals surface area contributed by atoms with E-state index >= 15 is 0 Å². The Balaban J connectivity index is 2.10. The summed E-state index contributed by atoms with van der Waals surface area (Å²) in [4.78, 5) is 13.5. The number of hydrogen-bond donors (Lipinski definition) is 1. The zero-order chi connectivity index (χ0) is 15.9. The average Bonchev–Trinajstić information content (AvgIpc) is 2.55. The van der Waals surface area contributed by atoms with E-state index in [0.717, 1.165) is 27.5 Å². The molecule has 0 unspecified atom stereocenters. The summed E-state index contributed by atoms with van der Waals surface area (Å²) in [7, 11) is 1.64. The molecule has 2 aromatic carbocycles. The van der Waals surface area contributed by atoms with Crippen LogP contribution >= 0.6 is 11.8 Å². The Morgan fingerprint density at radius 1 is 1.18 bits per heavy atom. The van der Waals surface area contributed by atoms with Crippen molar-refractivity contribution in [1.82, 2.24) is 5.32 Å². The first-order valence-electron chi connectivity index (χ1n) is 7.32. The molecule has 2 rings (SSSR count). The topological polar surface area (TPSA) is 38.3 Å². The largest absolute Gasteiger partial charge is 0.497 e. The van der Waals surface area contributed by atoms with Crippen molar-refractivity contribution in [2.24, 2.45) is 0 Å². The molecule has 0 spiro atoms. The highest BCUT2D eigenvalue weighted by atomic mass is 32.2. The van der Waals surface area contributed by atoms with Crippen LogP contribution in [0.1, 0.15) is 35.8 Å². The Bertz CT molecular complexity index is 625. The van der Waals surface area contributed by atoms with Gasteiger partial charge < -0.3 is 10.1 Å². The van der Waals surface area contributed by atoms with Gasteiger partial charge in [-0.25, -0.2) is 0 Å². The van der Waals surface area contributed by atoms with Gasteiger partial charge in [-0.1, -0.05) is 31.2 Å². The number of amides is 1. The molecule has 22 heavy (non-hydrogen) atoms. The molecule has 2 aromatic rings. The quantitative estimate of drug-likeness (QED) is 0.808. The lowest BCUT2D eigenvalue weighted by atomic mass is 10.1. The fourth-order valence-corrected chi connectivity index (χ4v) is 2.99. The third-order valence-electron chi connectivity index (χ3n) is 3.39. The highest BCUT2D eigenvalue weighted by Gasteiger charge is 2.14. The summed E-state index contributed by atoms with van der Waals surface area (Å²) in [5.74, 6) is 1.71. The predicted octanol–water partition coefficient (Wildman–Crippen LogP) is 4.30. The van der Waals surface area contributed by atoms with E-state index in [2.05, 4.69) is 12.2 Å². The first-order chi connectivity index (χ1) is 10.7. The van der Waals surface area contributed by atoms with Crippen LogP contribution in [0.25, 0.3) is 0 Å². The number of methoxy groups -OCH3 is 1. The predicted molar refractivity (Wildman–Crippen MR) is 91.7 cm³/mol. The van der Waals surface area contributed by atoms with Crippen LogP contribution in [-0.2, 0) is 0 Å². The number of ether oxygens (including phenoxy) is 1. The van der Waals surface area contributed by atoms with E-state index in [-0.39, 0.29) is 11.9 Å². The molecule has 3 nitrogen and oxygen atoms in total. The van der Waals surface area contributed by atoms with E-state index in [4.69, 9.17) is 4.74 Å². The van der Waals surface area contributed by atoms with Gasteiger partial charge in [0.2, 0.25) is 0 Å². The minimum Gasteiger partial charge on any atom is -0.497 e. The van der Waals surface area contributed by atoms with Gasteiger partial charge in [0.05, 0.1) is 18.7 Å². The number of thioether (sulfide) groups is 1. The van der Waals surface area contributed by atoms with Crippen molar-refractivity contribution in [1.29, 1.82) is 0 Å². The summed E-state index contributed by atoms with van der Waals surface area (Å²) in [5.41, 5.74) is 1.78. The van der Waals surface area contributed by atoms with Gasteiger partial charge >= 0.3 is 0 Å². The Kier molecular flexibility index (Phi) is 5.90. The lowest BCUT2D eigenvalue weighted by Gasteiger charge is -2.16. The summed E-state index contributed by atoms with van der Waals surface area (Å²) in [6, 6.07) is 15.4. The molecule has 1 N–H and O–H groups in total. The highest BCUT2D eigenvalue weighted by molar-refractivity contribution is 7.99. The van der Waals surface area contributed by atoms with Crippen molar-refractivity contribution >= 4 is 17.7 Å². The molecular formula is C18H21NO2S. The Morgan fingerprint density at radius 2 is 1.86 bits per heavy atom. The second-order valence-electron chi connectivity index (χ2n) is 4.90. The zero-order valence-corrected chi connectivity index (χ0v) is 13.9. The van der Waals surface area contributed by atoms with E-state index in [1.807, 2.05) is 55.5 Å². The molecule has 1 amide bonds. The van der Waals surface area contributed by atoms with Crippen molar-refractivity contribution in [3.63, 3.8) is 0 Å². The molecule has 0 heterocycles. The van der Waals surface area contributed by atoms with Gasteiger partial charge in [0.15, 0.2) is 0 Å². The van der Waals surface area contributed by atoms with Crippen LogP contribution in [0.3, 0.4) is 0 Å². The van der Waals surface area contributed by atoms with Gasteiger partial charge in [0.1, 0.15) is 5.75 Å². The number of carbonyl (C=O) groups is 1. The van der Waals surface area contributed by atoms with Crippen molar-refractivity contribution in [2.45, 2.75) is 24.8 Å². The van der Waals surface area contributed by atoms with Crippen LogP contribution in [0.5, 0.6) is 5.75 Å². The third kappa shape index (κ3) is 4.04. The second kappa shape index (κ2) is 7.90. The van der Waals surface area contributed by atoms with E-state index in [1.165, 1.54) is 0 Å². The van der Waals surface area contributed by atoms with Crippen molar-refractivity contribution in [3.8, 4) is 5.75 Å². The Morgan fingerprint density at radius 3 is 2.50 bits per heavy atom. The van der Waals surface area contributed by atoms with Crippen LogP contribution < -0.4 is 10.1 Å². The molecule has 0 bridgehead atoms. The summed E-state index contributed by atoms with van der Waals surface area (Å²) in [5, 5.41) is 3.06. The minimum atomic E-state index is -0.0573. The smallest absolute Gasteiger partial charge is 0.252 e. The molecule has 0 saturated carbocycles. The minimum absolute atomic E-state index is 0.0418. The molecule has 0 saturated heterocycles. The maximum atomic E-state index is 12.5. The molecule has 4 heteroatoms. The Hall–Kier alpha value is -1.94. The third-order valence-corrected chi connectivity index (χ3v) is 4.35. The van der Waals surface area contributed by atoms with Crippen LogP contribution in [0, 0.1) is 0 Å². The Labute approximate surface area is 136 Å². The number of hydrogen-bond acceptors (Lipinski definition) is 3. The number of benzene rings is 2. The monoisotopic (exact) mass is 315 g/mol. The normalized spacial score (nSPS) is 11.8. The van der Waals surface area contributed by atoms with Crippen molar-refractivity contribution in [2.75, 3.05) is 12.9 Å². The molecule has 0 aliphatic heterocycles. The summed E-state index contributed by atoms with van der Waals surface area (Å²) >= 11 is 1.68. The van der Waals surface area contributed by atoms with Crippen molar-refractivity contribution in [3.05, 3.63) is 59.7 Å². The van der Waals surface area contributed by atoms with Crippen molar-refractivity contribution < 1.29 is 9.53 Å². The molecule has 0 aromatic heterocycles. The van der Waals surface area contributed by atoms with E-state index in [1.54, 1.807) is 18.9 Å². The number of nitrogens with one attached hydrogen (secondary N) is 1. The molecule has 0 aliphatic rings. The van der Waals surface area contributed by atoms with Gasteiger partial charge in [0.25, 0.3) is 5.91 Å². The first kappa shape index (κ1) is 16.4. The molecule has 1 atom stereocenters. The molecular weight excluding hydrogens is 294 g/mol. The molecule has 0 aliphatic carbocycles. The summed E-state index contributed by atoms with van der Waals surface area (Å²) in [6.07, 6.45) is 0. The highest BCUT2D eigenvalue weighted by Crippen LogP contribution is 2.23. The summed E-state index contributed by atoms with van der Waals surface area (Å²) < 4.78 is 5.15. The lowest BCUT2D eigenvalue weighted by molar-refractivity contribution is 0.0937. The molecule has 0 fully saturated rings. The van der Waals surface area contributed by atoms with E-state index in [0.29, 0.717) is 0 Å².